The first-order valence-electron chi connectivity index (χ1n) is 6.93. The average Bonchev–Trinajstić information content (AvgIpc) is 2.86. The van der Waals surface area contributed by atoms with Crippen LogP contribution >= 0.6 is 15.9 Å². The number of amides is 1. The van der Waals surface area contributed by atoms with Crippen LogP contribution in [-0.2, 0) is 0 Å². The summed E-state index contributed by atoms with van der Waals surface area (Å²) in [6, 6.07) is 7.81. The van der Waals surface area contributed by atoms with Crippen LogP contribution in [0.4, 0.5) is 0 Å². The summed E-state index contributed by atoms with van der Waals surface area (Å²) >= 11 is 3.41. The third-order valence-electron chi connectivity index (χ3n) is 3.16. The lowest BCUT2D eigenvalue weighted by molar-refractivity contribution is 0.0953. The van der Waals surface area contributed by atoms with Gasteiger partial charge in [-0.2, -0.15) is 5.10 Å². The molecule has 21 heavy (non-hydrogen) atoms. The molecule has 0 spiro atoms. The van der Waals surface area contributed by atoms with Crippen molar-refractivity contribution >= 4 is 21.8 Å². The van der Waals surface area contributed by atoms with Crippen molar-refractivity contribution in [1.82, 2.24) is 20.4 Å². The number of benzene rings is 1. The molecular weight excluding hydrogens is 332 g/mol. The number of hydrogen-bond donors (Lipinski definition) is 2. The van der Waals surface area contributed by atoms with Crippen LogP contribution in [0.1, 0.15) is 23.0 Å². The molecule has 0 aliphatic carbocycles. The van der Waals surface area contributed by atoms with Crippen molar-refractivity contribution < 1.29 is 4.79 Å². The molecule has 0 fully saturated rings. The summed E-state index contributed by atoms with van der Waals surface area (Å²) < 4.78 is 2.78. The van der Waals surface area contributed by atoms with E-state index in [1.165, 1.54) is 0 Å². The van der Waals surface area contributed by atoms with E-state index >= 15 is 0 Å². The number of nitrogens with one attached hydrogen (secondary N) is 2. The van der Waals surface area contributed by atoms with Gasteiger partial charge < -0.3 is 10.6 Å². The highest BCUT2D eigenvalue weighted by molar-refractivity contribution is 9.10. The number of halogens is 1. The summed E-state index contributed by atoms with van der Waals surface area (Å²) in [6.45, 7) is 6.20. The van der Waals surface area contributed by atoms with Gasteiger partial charge in [0.15, 0.2) is 0 Å². The lowest BCUT2D eigenvalue weighted by atomic mass is 10.2. The second-order valence-corrected chi connectivity index (χ2v) is 5.56. The molecule has 0 atom stereocenters. The summed E-state index contributed by atoms with van der Waals surface area (Å²) in [6.07, 6.45) is 1.61. The molecule has 1 aromatic carbocycles. The van der Waals surface area contributed by atoms with Crippen LogP contribution in [0.2, 0.25) is 0 Å². The molecule has 0 bridgehead atoms. The molecular formula is C15H19BrN4O. The molecule has 1 heterocycles. The zero-order chi connectivity index (χ0) is 15.2. The van der Waals surface area contributed by atoms with Gasteiger partial charge in [0, 0.05) is 17.6 Å². The van der Waals surface area contributed by atoms with Gasteiger partial charge in [0.2, 0.25) is 0 Å². The third kappa shape index (κ3) is 3.92. The van der Waals surface area contributed by atoms with Crippen molar-refractivity contribution in [1.29, 1.82) is 0 Å². The van der Waals surface area contributed by atoms with E-state index in [0.29, 0.717) is 12.1 Å². The molecule has 1 amide bonds. The van der Waals surface area contributed by atoms with Crippen LogP contribution in [0.3, 0.4) is 0 Å². The van der Waals surface area contributed by atoms with Crippen molar-refractivity contribution in [2.24, 2.45) is 0 Å². The van der Waals surface area contributed by atoms with Crippen LogP contribution in [0.15, 0.2) is 34.9 Å². The minimum atomic E-state index is -0.0891. The highest BCUT2D eigenvalue weighted by atomic mass is 79.9. The molecule has 2 N–H and O–H groups in total. The Balaban J connectivity index is 2.09. The van der Waals surface area contributed by atoms with Gasteiger partial charge in [-0.15, -0.1) is 0 Å². The van der Waals surface area contributed by atoms with Crippen LogP contribution in [-0.4, -0.2) is 35.3 Å². The van der Waals surface area contributed by atoms with Gasteiger partial charge in [-0.25, -0.2) is 4.68 Å². The maximum atomic E-state index is 12.1. The quantitative estimate of drug-likeness (QED) is 0.785. The second kappa shape index (κ2) is 7.38. The largest absolute Gasteiger partial charge is 0.351 e. The van der Waals surface area contributed by atoms with Crippen LogP contribution in [0, 0.1) is 6.92 Å². The van der Waals surface area contributed by atoms with Crippen LogP contribution < -0.4 is 10.6 Å². The van der Waals surface area contributed by atoms with Crippen molar-refractivity contribution in [3.8, 4) is 5.69 Å². The Bertz CT molecular complexity index is 607. The zero-order valence-corrected chi connectivity index (χ0v) is 13.8. The minimum absolute atomic E-state index is 0.0891. The Morgan fingerprint density at radius 1 is 1.29 bits per heavy atom. The van der Waals surface area contributed by atoms with Gasteiger partial charge in [0.25, 0.3) is 5.91 Å². The van der Waals surface area contributed by atoms with E-state index in [9.17, 15) is 4.79 Å². The summed E-state index contributed by atoms with van der Waals surface area (Å²) in [7, 11) is 0. The number of aromatic nitrogens is 2. The molecule has 5 nitrogen and oxygen atoms in total. The van der Waals surface area contributed by atoms with Gasteiger partial charge in [-0.1, -0.05) is 22.9 Å². The highest BCUT2D eigenvalue weighted by Crippen LogP contribution is 2.17. The van der Waals surface area contributed by atoms with Gasteiger partial charge in [0.05, 0.1) is 23.1 Å². The Labute approximate surface area is 132 Å². The summed E-state index contributed by atoms with van der Waals surface area (Å²) in [5.74, 6) is -0.0891. The predicted molar refractivity (Wildman–Crippen MR) is 86.9 cm³/mol. The highest BCUT2D eigenvalue weighted by Gasteiger charge is 2.14. The molecule has 6 heteroatoms. The molecule has 112 valence electrons. The molecule has 0 saturated heterocycles. The Hall–Kier alpha value is -1.66. The van der Waals surface area contributed by atoms with Crippen LogP contribution in [0.5, 0.6) is 0 Å². The van der Waals surface area contributed by atoms with Gasteiger partial charge in [-0.3, -0.25) is 4.79 Å². The van der Waals surface area contributed by atoms with Gasteiger partial charge in [0.1, 0.15) is 0 Å². The van der Waals surface area contributed by atoms with Gasteiger partial charge in [-0.05, 0) is 37.7 Å². The fourth-order valence-corrected chi connectivity index (χ4v) is 2.28. The Kier molecular flexibility index (Phi) is 5.52. The van der Waals surface area contributed by atoms with E-state index in [2.05, 4.69) is 31.7 Å². The lowest BCUT2D eigenvalue weighted by Gasteiger charge is -2.07. The van der Waals surface area contributed by atoms with Crippen molar-refractivity contribution in [3.63, 3.8) is 0 Å². The summed E-state index contributed by atoms with van der Waals surface area (Å²) in [4.78, 5) is 12.1. The Morgan fingerprint density at radius 2 is 2.00 bits per heavy atom. The van der Waals surface area contributed by atoms with E-state index in [1.807, 2.05) is 38.1 Å². The summed E-state index contributed by atoms with van der Waals surface area (Å²) in [5.41, 5.74) is 2.37. The van der Waals surface area contributed by atoms with E-state index in [-0.39, 0.29) is 5.91 Å². The number of carbonyl (C=O) groups excluding carboxylic acids is 1. The number of hydrogen-bond acceptors (Lipinski definition) is 3. The SMILES string of the molecule is CCNCCNC(=O)c1cnn(-c2ccc(Br)cc2)c1C. The minimum Gasteiger partial charge on any atom is -0.351 e. The fraction of sp³-hybridized carbons (Fsp3) is 0.333. The molecule has 0 aliphatic rings. The van der Waals surface area contributed by atoms with E-state index < -0.39 is 0 Å². The standard InChI is InChI=1S/C15H19BrN4O/c1-3-17-8-9-18-15(21)14-10-19-20(11(14)2)13-6-4-12(16)5-7-13/h4-7,10,17H,3,8-9H2,1-2H3,(H,18,21). The molecule has 0 unspecified atom stereocenters. The fourth-order valence-electron chi connectivity index (χ4n) is 2.01. The van der Waals surface area contributed by atoms with Crippen molar-refractivity contribution in [2.45, 2.75) is 13.8 Å². The smallest absolute Gasteiger partial charge is 0.254 e. The third-order valence-corrected chi connectivity index (χ3v) is 3.69. The molecule has 2 aromatic rings. The van der Waals surface area contributed by atoms with E-state index in [1.54, 1.807) is 10.9 Å². The average molecular weight is 351 g/mol. The first kappa shape index (κ1) is 15.7. The number of rotatable bonds is 6. The lowest BCUT2D eigenvalue weighted by Crippen LogP contribution is -2.31. The molecule has 0 aliphatic heterocycles. The maximum absolute atomic E-state index is 12.1. The monoisotopic (exact) mass is 350 g/mol. The summed E-state index contributed by atoms with van der Waals surface area (Å²) in [5, 5.41) is 10.4. The molecule has 1 aromatic heterocycles. The molecule has 0 radical (unpaired) electrons. The number of nitrogens with zero attached hydrogens (tertiary/aromatic N) is 2. The number of likely N-dealkylation sites (N-methyl/N-ethyl adjacent to an activating group) is 1. The maximum Gasteiger partial charge on any atom is 0.254 e. The first-order valence-corrected chi connectivity index (χ1v) is 7.72. The topological polar surface area (TPSA) is 58.9 Å². The van der Waals surface area contributed by atoms with Crippen molar-refractivity contribution in [2.75, 3.05) is 19.6 Å². The molecule has 0 saturated carbocycles. The predicted octanol–water partition coefficient (Wildman–Crippen LogP) is 2.28. The number of carbonyl (C=O) groups is 1. The van der Waals surface area contributed by atoms with Crippen molar-refractivity contribution in [3.05, 3.63) is 46.2 Å². The van der Waals surface area contributed by atoms with E-state index in [4.69, 9.17) is 0 Å². The second-order valence-electron chi connectivity index (χ2n) is 4.64. The van der Waals surface area contributed by atoms with Crippen LogP contribution in [0.25, 0.3) is 5.69 Å². The molecule has 2 rings (SSSR count). The zero-order valence-electron chi connectivity index (χ0n) is 12.2. The Morgan fingerprint density at radius 3 is 2.67 bits per heavy atom. The normalized spacial score (nSPS) is 10.6. The van der Waals surface area contributed by atoms with E-state index in [0.717, 1.165) is 28.9 Å². The first-order chi connectivity index (χ1) is 10.1. The van der Waals surface area contributed by atoms with Gasteiger partial charge >= 0.3 is 0 Å².